The van der Waals surface area contributed by atoms with Gasteiger partial charge in [-0.05, 0) is 18.1 Å². The van der Waals surface area contributed by atoms with Crippen LogP contribution in [0.4, 0.5) is 19.0 Å². The Kier molecular flexibility index (Phi) is 3.95. The van der Waals surface area contributed by atoms with E-state index >= 15 is 0 Å². The third kappa shape index (κ3) is 3.43. The minimum atomic E-state index is -4.37. The van der Waals surface area contributed by atoms with Crippen LogP contribution in [-0.4, -0.2) is 15.0 Å². The van der Waals surface area contributed by atoms with Gasteiger partial charge in [0.2, 0.25) is 0 Å². The lowest BCUT2D eigenvalue weighted by Gasteiger charge is -2.17. The molecular weight excluding hydrogens is 305 g/mol. The van der Waals surface area contributed by atoms with Gasteiger partial charge in [0, 0.05) is 30.9 Å². The number of pyridine rings is 1. The van der Waals surface area contributed by atoms with E-state index in [1.807, 2.05) is 0 Å². The number of hydrogen-bond donors (Lipinski definition) is 0. The zero-order chi connectivity index (χ0) is 16.6. The average molecular weight is 322 g/mol. The first-order valence-electron chi connectivity index (χ1n) is 7.45. The van der Waals surface area contributed by atoms with E-state index < -0.39 is 11.7 Å². The zero-order valence-electron chi connectivity index (χ0n) is 12.9. The average Bonchev–Trinajstić information content (AvgIpc) is 2.89. The molecule has 0 N–H and O–H groups in total. The molecule has 0 saturated carbocycles. The smallest absolute Gasteiger partial charge is 0.346 e. The number of rotatable bonds is 3. The summed E-state index contributed by atoms with van der Waals surface area (Å²) in [6.45, 7) is 5.12. The molecule has 0 radical (unpaired) electrons. The summed E-state index contributed by atoms with van der Waals surface area (Å²) in [7, 11) is 0. The molecule has 0 fully saturated rings. The van der Waals surface area contributed by atoms with Crippen molar-refractivity contribution in [3.8, 4) is 0 Å². The van der Waals surface area contributed by atoms with Crippen molar-refractivity contribution in [2.45, 2.75) is 39.5 Å². The van der Waals surface area contributed by atoms with Crippen molar-refractivity contribution >= 4 is 5.82 Å². The topological polar surface area (TPSA) is 41.9 Å². The first kappa shape index (κ1) is 15.7. The van der Waals surface area contributed by atoms with Crippen molar-refractivity contribution < 1.29 is 13.2 Å². The fourth-order valence-corrected chi connectivity index (χ4v) is 2.59. The van der Waals surface area contributed by atoms with Crippen LogP contribution in [0.2, 0.25) is 0 Å². The standard InChI is InChI=1S/C16H17F3N4/c1-10(2)5-14-21-7-11-8-23(9-13(11)22-14)15-6-12(3-4-20-15)16(17,18)19/h3-4,6-7,10H,5,8-9H2,1-2H3. The number of aromatic nitrogens is 3. The molecule has 0 atom stereocenters. The second-order valence-corrected chi connectivity index (χ2v) is 6.11. The van der Waals surface area contributed by atoms with Gasteiger partial charge in [0.1, 0.15) is 11.6 Å². The predicted molar refractivity (Wildman–Crippen MR) is 79.7 cm³/mol. The van der Waals surface area contributed by atoms with Gasteiger partial charge in [0.05, 0.1) is 17.8 Å². The van der Waals surface area contributed by atoms with Gasteiger partial charge in [-0.15, -0.1) is 0 Å². The molecule has 1 aliphatic heterocycles. The second-order valence-electron chi connectivity index (χ2n) is 6.11. The van der Waals surface area contributed by atoms with Crippen molar-refractivity contribution in [3.63, 3.8) is 0 Å². The van der Waals surface area contributed by atoms with Crippen LogP contribution < -0.4 is 4.90 Å². The Labute approximate surface area is 132 Å². The Morgan fingerprint density at radius 2 is 2.00 bits per heavy atom. The predicted octanol–water partition coefficient (Wildman–Crippen LogP) is 3.61. The summed E-state index contributed by atoms with van der Waals surface area (Å²) in [5.41, 5.74) is 1.12. The molecule has 3 heterocycles. The fraction of sp³-hybridized carbons (Fsp3) is 0.438. The third-order valence-corrected chi connectivity index (χ3v) is 3.69. The summed E-state index contributed by atoms with van der Waals surface area (Å²) < 4.78 is 38.5. The van der Waals surface area contributed by atoms with Crippen molar-refractivity contribution in [1.29, 1.82) is 0 Å². The molecule has 2 aromatic heterocycles. The van der Waals surface area contributed by atoms with Gasteiger partial charge in [-0.2, -0.15) is 13.2 Å². The Balaban J connectivity index is 1.82. The molecule has 0 amide bonds. The molecule has 23 heavy (non-hydrogen) atoms. The number of alkyl halides is 3. The van der Waals surface area contributed by atoms with E-state index in [1.165, 1.54) is 6.20 Å². The van der Waals surface area contributed by atoms with Gasteiger partial charge in [-0.25, -0.2) is 15.0 Å². The van der Waals surface area contributed by atoms with Gasteiger partial charge >= 0.3 is 6.18 Å². The molecule has 2 aromatic rings. The first-order valence-corrected chi connectivity index (χ1v) is 7.45. The quantitative estimate of drug-likeness (QED) is 0.866. The Hall–Kier alpha value is -2.18. The molecule has 7 heteroatoms. The summed E-state index contributed by atoms with van der Waals surface area (Å²) in [6, 6.07) is 2.06. The number of hydrogen-bond acceptors (Lipinski definition) is 4. The SMILES string of the molecule is CC(C)Cc1ncc2c(n1)CN(c1cc(C(F)(F)F)ccn1)C2. The van der Waals surface area contributed by atoms with Gasteiger partial charge in [0.25, 0.3) is 0 Å². The molecule has 122 valence electrons. The van der Waals surface area contributed by atoms with Crippen molar-refractivity contribution in [3.05, 3.63) is 47.2 Å². The van der Waals surface area contributed by atoms with E-state index in [4.69, 9.17) is 0 Å². The summed E-state index contributed by atoms with van der Waals surface area (Å²) >= 11 is 0. The highest BCUT2D eigenvalue weighted by Gasteiger charge is 2.32. The highest BCUT2D eigenvalue weighted by atomic mass is 19.4. The molecule has 0 saturated heterocycles. The third-order valence-electron chi connectivity index (χ3n) is 3.69. The fourth-order valence-electron chi connectivity index (χ4n) is 2.59. The summed E-state index contributed by atoms with van der Waals surface area (Å²) in [5.74, 6) is 1.54. The maximum Gasteiger partial charge on any atom is 0.416 e. The number of anilines is 1. The maximum atomic E-state index is 12.8. The molecule has 0 aliphatic carbocycles. The van der Waals surface area contributed by atoms with E-state index in [2.05, 4.69) is 28.8 Å². The molecule has 0 bridgehead atoms. The lowest BCUT2D eigenvalue weighted by atomic mass is 10.1. The molecule has 0 spiro atoms. The van der Waals surface area contributed by atoms with E-state index in [9.17, 15) is 13.2 Å². The number of nitrogens with zero attached hydrogens (tertiary/aromatic N) is 4. The molecular formula is C16H17F3N4. The van der Waals surface area contributed by atoms with Crippen molar-refractivity contribution in [2.24, 2.45) is 5.92 Å². The summed E-state index contributed by atoms with van der Waals surface area (Å²) in [4.78, 5) is 14.7. The molecule has 0 unspecified atom stereocenters. The number of halogens is 3. The van der Waals surface area contributed by atoms with Crippen LogP contribution in [0.5, 0.6) is 0 Å². The van der Waals surface area contributed by atoms with E-state index in [0.29, 0.717) is 24.8 Å². The van der Waals surface area contributed by atoms with Crippen molar-refractivity contribution in [1.82, 2.24) is 15.0 Å². The summed E-state index contributed by atoms with van der Waals surface area (Å²) in [5, 5.41) is 0. The van der Waals surface area contributed by atoms with Gasteiger partial charge in [-0.3, -0.25) is 0 Å². The molecule has 1 aliphatic rings. The zero-order valence-corrected chi connectivity index (χ0v) is 12.9. The van der Waals surface area contributed by atoms with Crippen molar-refractivity contribution in [2.75, 3.05) is 4.90 Å². The molecule has 3 rings (SSSR count). The Morgan fingerprint density at radius 3 is 2.70 bits per heavy atom. The van der Waals surface area contributed by atoms with Gasteiger partial charge in [-0.1, -0.05) is 13.8 Å². The van der Waals surface area contributed by atoms with Crippen LogP contribution in [-0.2, 0) is 25.7 Å². The molecule has 4 nitrogen and oxygen atoms in total. The van der Waals surface area contributed by atoms with Crippen LogP contribution in [0.3, 0.4) is 0 Å². The second kappa shape index (κ2) is 5.79. The lowest BCUT2D eigenvalue weighted by Crippen LogP contribution is -2.17. The minimum absolute atomic E-state index is 0.309. The molecule has 0 aromatic carbocycles. The van der Waals surface area contributed by atoms with E-state index in [-0.39, 0.29) is 0 Å². The minimum Gasteiger partial charge on any atom is -0.346 e. The maximum absolute atomic E-state index is 12.8. The first-order chi connectivity index (χ1) is 10.8. The highest BCUT2D eigenvalue weighted by molar-refractivity contribution is 5.46. The van der Waals surface area contributed by atoms with Gasteiger partial charge < -0.3 is 4.90 Å². The Morgan fingerprint density at radius 1 is 1.22 bits per heavy atom. The van der Waals surface area contributed by atoms with Gasteiger partial charge in [0.15, 0.2) is 0 Å². The van der Waals surface area contributed by atoms with Crippen LogP contribution in [0.1, 0.15) is 36.5 Å². The normalized spacial score (nSPS) is 14.4. The van der Waals surface area contributed by atoms with Crippen LogP contribution >= 0.6 is 0 Å². The Bertz CT molecular complexity index is 713. The van der Waals surface area contributed by atoms with E-state index in [1.54, 1.807) is 11.1 Å². The largest absolute Gasteiger partial charge is 0.416 e. The lowest BCUT2D eigenvalue weighted by molar-refractivity contribution is -0.137. The van der Waals surface area contributed by atoms with Crippen LogP contribution in [0.25, 0.3) is 0 Å². The summed E-state index contributed by atoms with van der Waals surface area (Å²) in [6.07, 6.45) is -0.617. The van der Waals surface area contributed by atoms with Crippen LogP contribution in [0, 0.1) is 5.92 Å². The van der Waals surface area contributed by atoms with E-state index in [0.717, 1.165) is 35.6 Å². The van der Waals surface area contributed by atoms with Crippen LogP contribution in [0.15, 0.2) is 24.5 Å². The highest BCUT2D eigenvalue weighted by Crippen LogP contribution is 2.32. The number of fused-ring (bicyclic) bond motifs is 1. The monoisotopic (exact) mass is 322 g/mol.